The minimum absolute atomic E-state index is 0.113. The standard InChI is InChI=1S/C16H14F2N2O/c17-11-7-12(18)9-13(8-11)20-16(21)15-14-4-2-1-3-10(14)5-6-19-15/h1-4,7-9,15,19H,5-6H2,(H,20,21). The second-order valence-corrected chi connectivity index (χ2v) is 4.98. The van der Waals surface area contributed by atoms with Crippen LogP contribution in [0.1, 0.15) is 17.2 Å². The SMILES string of the molecule is O=C(Nc1cc(F)cc(F)c1)C1NCCc2ccccc21. The summed E-state index contributed by atoms with van der Waals surface area (Å²) >= 11 is 0. The van der Waals surface area contributed by atoms with E-state index in [1.54, 1.807) is 0 Å². The van der Waals surface area contributed by atoms with Crippen molar-refractivity contribution in [1.82, 2.24) is 5.32 Å². The van der Waals surface area contributed by atoms with Gasteiger partial charge in [0.15, 0.2) is 0 Å². The van der Waals surface area contributed by atoms with E-state index in [0.717, 1.165) is 35.7 Å². The maximum absolute atomic E-state index is 13.2. The Morgan fingerprint density at radius 1 is 1.14 bits per heavy atom. The lowest BCUT2D eigenvalue weighted by Gasteiger charge is -2.26. The Hall–Kier alpha value is -2.27. The van der Waals surface area contributed by atoms with Gasteiger partial charge in [0.05, 0.1) is 0 Å². The third-order valence-corrected chi connectivity index (χ3v) is 3.50. The van der Waals surface area contributed by atoms with Gasteiger partial charge in [-0.15, -0.1) is 0 Å². The van der Waals surface area contributed by atoms with Crippen LogP contribution in [0.25, 0.3) is 0 Å². The highest BCUT2D eigenvalue weighted by Crippen LogP contribution is 2.24. The summed E-state index contributed by atoms with van der Waals surface area (Å²) in [4.78, 5) is 12.3. The number of carbonyl (C=O) groups is 1. The molecular weight excluding hydrogens is 274 g/mol. The number of halogens is 2. The molecule has 0 saturated carbocycles. The molecule has 3 nitrogen and oxygen atoms in total. The highest BCUT2D eigenvalue weighted by molar-refractivity contribution is 5.96. The van der Waals surface area contributed by atoms with Crippen molar-refractivity contribution in [2.75, 3.05) is 11.9 Å². The minimum Gasteiger partial charge on any atom is -0.324 e. The normalized spacial score (nSPS) is 17.1. The summed E-state index contributed by atoms with van der Waals surface area (Å²) < 4.78 is 26.3. The first-order valence-electron chi connectivity index (χ1n) is 6.71. The van der Waals surface area contributed by atoms with Gasteiger partial charge in [0.1, 0.15) is 17.7 Å². The van der Waals surface area contributed by atoms with Gasteiger partial charge >= 0.3 is 0 Å². The predicted molar refractivity (Wildman–Crippen MR) is 75.9 cm³/mol. The first-order valence-corrected chi connectivity index (χ1v) is 6.71. The lowest BCUT2D eigenvalue weighted by Crippen LogP contribution is -2.38. The topological polar surface area (TPSA) is 41.1 Å². The number of rotatable bonds is 2. The van der Waals surface area contributed by atoms with Crippen LogP contribution >= 0.6 is 0 Å². The van der Waals surface area contributed by atoms with Crippen molar-refractivity contribution < 1.29 is 13.6 Å². The van der Waals surface area contributed by atoms with Crippen molar-refractivity contribution in [3.05, 3.63) is 65.2 Å². The molecule has 2 aromatic carbocycles. The Kier molecular flexibility index (Phi) is 3.66. The van der Waals surface area contributed by atoms with Gasteiger partial charge in [-0.05, 0) is 29.7 Å². The summed E-state index contributed by atoms with van der Waals surface area (Å²) in [7, 11) is 0. The van der Waals surface area contributed by atoms with Crippen molar-refractivity contribution >= 4 is 11.6 Å². The second kappa shape index (κ2) is 5.61. The fourth-order valence-electron chi connectivity index (χ4n) is 2.58. The molecule has 108 valence electrons. The molecule has 0 radical (unpaired) electrons. The molecule has 1 amide bonds. The van der Waals surface area contributed by atoms with E-state index in [-0.39, 0.29) is 11.6 Å². The van der Waals surface area contributed by atoms with Gasteiger partial charge in [0.25, 0.3) is 0 Å². The van der Waals surface area contributed by atoms with Gasteiger partial charge < -0.3 is 10.6 Å². The van der Waals surface area contributed by atoms with Gasteiger partial charge in [0, 0.05) is 18.3 Å². The van der Waals surface area contributed by atoms with Gasteiger partial charge in [-0.1, -0.05) is 24.3 Å². The van der Waals surface area contributed by atoms with Gasteiger partial charge in [-0.2, -0.15) is 0 Å². The average molecular weight is 288 g/mol. The van der Waals surface area contributed by atoms with Crippen LogP contribution in [-0.4, -0.2) is 12.5 Å². The predicted octanol–water partition coefficient (Wildman–Crippen LogP) is 2.79. The number of hydrogen-bond donors (Lipinski definition) is 2. The van der Waals surface area contributed by atoms with Crippen molar-refractivity contribution in [2.24, 2.45) is 0 Å². The summed E-state index contributed by atoms with van der Waals surface area (Å²) in [6, 6.07) is 10.1. The van der Waals surface area contributed by atoms with Crippen LogP contribution < -0.4 is 10.6 Å². The van der Waals surface area contributed by atoms with Crippen molar-refractivity contribution in [2.45, 2.75) is 12.5 Å². The molecule has 1 atom stereocenters. The highest BCUT2D eigenvalue weighted by atomic mass is 19.1. The van der Waals surface area contributed by atoms with E-state index in [9.17, 15) is 13.6 Å². The molecule has 0 bridgehead atoms. The Morgan fingerprint density at radius 2 is 1.86 bits per heavy atom. The molecule has 3 rings (SSSR count). The number of carbonyl (C=O) groups excluding carboxylic acids is 1. The largest absolute Gasteiger partial charge is 0.324 e. The maximum atomic E-state index is 13.2. The van der Waals surface area contributed by atoms with Crippen LogP contribution in [0.3, 0.4) is 0 Å². The smallest absolute Gasteiger partial charge is 0.246 e. The van der Waals surface area contributed by atoms with Gasteiger partial charge in [0.2, 0.25) is 5.91 Å². The Balaban J connectivity index is 1.83. The quantitative estimate of drug-likeness (QED) is 0.892. The van der Waals surface area contributed by atoms with E-state index in [1.807, 2.05) is 24.3 Å². The monoisotopic (exact) mass is 288 g/mol. The number of hydrogen-bond acceptors (Lipinski definition) is 2. The lowest BCUT2D eigenvalue weighted by atomic mass is 9.94. The van der Waals surface area contributed by atoms with E-state index >= 15 is 0 Å². The molecule has 1 heterocycles. The number of amides is 1. The van der Waals surface area contributed by atoms with Crippen molar-refractivity contribution in [3.8, 4) is 0 Å². The van der Waals surface area contributed by atoms with E-state index in [0.29, 0.717) is 6.54 Å². The molecule has 1 aliphatic rings. The van der Waals surface area contributed by atoms with E-state index < -0.39 is 17.7 Å². The Morgan fingerprint density at radius 3 is 2.62 bits per heavy atom. The van der Waals surface area contributed by atoms with E-state index in [2.05, 4.69) is 10.6 Å². The summed E-state index contributed by atoms with van der Waals surface area (Å²) in [5.41, 5.74) is 2.13. The molecule has 0 aliphatic carbocycles. The Labute approximate surface area is 121 Å². The van der Waals surface area contributed by atoms with E-state index in [1.165, 1.54) is 0 Å². The fourth-order valence-corrected chi connectivity index (χ4v) is 2.58. The highest BCUT2D eigenvalue weighted by Gasteiger charge is 2.25. The summed E-state index contributed by atoms with van der Waals surface area (Å²) in [6.07, 6.45) is 0.856. The van der Waals surface area contributed by atoms with Crippen LogP contribution in [0.15, 0.2) is 42.5 Å². The molecular formula is C16H14F2N2O. The van der Waals surface area contributed by atoms with Crippen LogP contribution in [0.5, 0.6) is 0 Å². The number of nitrogens with one attached hydrogen (secondary N) is 2. The summed E-state index contributed by atoms with van der Waals surface area (Å²) in [5, 5.41) is 5.68. The van der Waals surface area contributed by atoms with Gasteiger partial charge in [-0.3, -0.25) is 4.79 Å². The minimum atomic E-state index is -0.720. The third kappa shape index (κ3) is 2.92. The van der Waals surface area contributed by atoms with Crippen molar-refractivity contribution in [1.29, 1.82) is 0 Å². The second-order valence-electron chi connectivity index (χ2n) is 4.98. The average Bonchev–Trinajstić information content (AvgIpc) is 2.45. The maximum Gasteiger partial charge on any atom is 0.246 e. The molecule has 0 saturated heterocycles. The van der Waals surface area contributed by atoms with Crippen LogP contribution in [0, 0.1) is 11.6 Å². The third-order valence-electron chi connectivity index (χ3n) is 3.50. The molecule has 2 aromatic rings. The lowest BCUT2D eigenvalue weighted by molar-refractivity contribution is -0.118. The fraction of sp³-hybridized carbons (Fsp3) is 0.188. The molecule has 0 aromatic heterocycles. The number of fused-ring (bicyclic) bond motifs is 1. The molecule has 2 N–H and O–H groups in total. The van der Waals surface area contributed by atoms with Crippen LogP contribution in [0.2, 0.25) is 0 Å². The zero-order valence-corrected chi connectivity index (χ0v) is 11.2. The molecule has 0 fully saturated rings. The number of benzene rings is 2. The Bertz CT molecular complexity index is 667. The molecule has 1 aliphatic heterocycles. The summed E-state index contributed by atoms with van der Waals surface area (Å²) in [6.45, 7) is 0.687. The van der Waals surface area contributed by atoms with Crippen LogP contribution in [0.4, 0.5) is 14.5 Å². The molecule has 5 heteroatoms. The van der Waals surface area contributed by atoms with E-state index in [4.69, 9.17) is 0 Å². The molecule has 21 heavy (non-hydrogen) atoms. The first kappa shape index (κ1) is 13.7. The number of anilines is 1. The first-order chi connectivity index (χ1) is 10.1. The zero-order valence-electron chi connectivity index (χ0n) is 11.2. The summed E-state index contributed by atoms with van der Waals surface area (Å²) in [5.74, 6) is -1.77. The molecule has 1 unspecified atom stereocenters. The molecule has 0 spiro atoms. The van der Waals surface area contributed by atoms with Gasteiger partial charge in [-0.25, -0.2) is 8.78 Å². The van der Waals surface area contributed by atoms with Crippen LogP contribution in [-0.2, 0) is 11.2 Å². The van der Waals surface area contributed by atoms with Crippen molar-refractivity contribution in [3.63, 3.8) is 0 Å². The zero-order chi connectivity index (χ0) is 14.8.